The minimum atomic E-state index is -4.80. The summed E-state index contributed by atoms with van der Waals surface area (Å²) in [5.74, 6) is -3.78. The highest BCUT2D eigenvalue weighted by Crippen LogP contribution is 2.54. The monoisotopic (exact) mass is 623 g/mol. The number of anilines is 1. The Labute approximate surface area is 244 Å². The van der Waals surface area contributed by atoms with E-state index in [0.29, 0.717) is 51.7 Å². The normalized spacial score (nSPS) is 22.6. The highest BCUT2D eigenvalue weighted by molar-refractivity contribution is 8.00. The molecule has 0 radical (unpaired) electrons. The van der Waals surface area contributed by atoms with Gasteiger partial charge in [-0.05, 0) is 29.8 Å². The van der Waals surface area contributed by atoms with Crippen LogP contribution in [0, 0.1) is 5.92 Å². The number of fused-ring (bicyclic) bond motifs is 2. The molecule has 3 aromatic rings. The van der Waals surface area contributed by atoms with Crippen molar-refractivity contribution in [3.05, 3.63) is 79.2 Å². The molecular formula is C27H21ClF3N3O5S2. The van der Waals surface area contributed by atoms with Gasteiger partial charge in [-0.1, -0.05) is 59.0 Å². The highest BCUT2D eigenvalue weighted by atomic mass is 35.5. The molecular weight excluding hydrogens is 603 g/mol. The van der Waals surface area contributed by atoms with Crippen LogP contribution in [0.2, 0.25) is 5.02 Å². The zero-order valence-corrected chi connectivity index (χ0v) is 23.5. The molecule has 2 saturated heterocycles. The molecule has 0 aliphatic carbocycles. The van der Waals surface area contributed by atoms with Crippen LogP contribution in [0.4, 0.5) is 18.9 Å². The largest absolute Gasteiger partial charge is 0.418 e. The van der Waals surface area contributed by atoms with Gasteiger partial charge in [-0.2, -0.15) is 13.2 Å². The van der Waals surface area contributed by atoms with Gasteiger partial charge in [0, 0.05) is 28.9 Å². The predicted octanol–water partition coefficient (Wildman–Crippen LogP) is 4.24. The summed E-state index contributed by atoms with van der Waals surface area (Å²) < 4.78 is 48.3. The van der Waals surface area contributed by atoms with Crippen molar-refractivity contribution in [3.63, 3.8) is 0 Å². The van der Waals surface area contributed by atoms with Crippen LogP contribution >= 0.6 is 34.7 Å². The molecule has 3 aliphatic rings. The summed E-state index contributed by atoms with van der Waals surface area (Å²) in [7, 11) is 0. The number of nitrogens with zero attached hydrogens (tertiary/aromatic N) is 3. The summed E-state index contributed by atoms with van der Waals surface area (Å²) >= 11 is 7.91. The van der Waals surface area contributed by atoms with E-state index < -0.39 is 51.2 Å². The van der Waals surface area contributed by atoms with Crippen LogP contribution < -0.4 is 9.77 Å². The summed E-state index contributed by atoms with van der Waals surface area (Å²) in [6, 6.07) is 11.0. The Hall–Kier alpha value is -3.13. The summed E-state index contributed by atoms with van der Waals surface area (Å²) in [5, 5.41) is -0.335. The van der Waals surface area contributed by atoms with E-state index in [1.54, 1.807) is 29.2 Å². The smallest absolute Gasteiger partial charge is 0.378 e. The molecule has 8 nitrogen and oxygen atoms in total. The van der Waals surface area contributed by atoms with Crippen LogP contribution in [0.15, 0.2) is 58.4 Å². The number of halogens is 4. The Balaban J connectivity index is 1.45. The Morgan fingerprint density at radius 1 is 1.00 bits per heavy atom. The molecule has 0 saturated carbocycles. The molecule has 3 unspecified atom stereocenters. The van der Waals surface area contributed by atoms with Crippen molar-refractivity contribution in [1.82, 2.24) is 9.47 Å². The van der Waals surface area contributed by atoms with E-state index in [-0.39, 0.29) is 12.5 Å². The second-order valence-electron chi connectivity index (χ2n) is 9.74. The number of benzene rings is 2. The van der Waals surface area contributed by atoms with E-state index >= 15 is 0 Å². The number of hydrogen-bond acceptors (Lipinski definition) is 7. The Bertz CT molecular complexity index is 1600. The SMILES string of the molecule is O=C(Cn1c2c(sc1=O)C(c1ccc(Cl)cc1)C1C(=O)N(c3ccccc3C(F)(F)F)C(=O)C1S2)N1CCOCC1. The number of ether oxygens (including phenoxy) is 1. The van der Waals surface area contributed by atoms with Crippen molar-refractivity contribution < 1.29 is 32.3 Å². The van der Waals surface area contributed by atoms with Crippen molar-refractivity contribution in [2.75, 3.05) is 31.2 Å². The molecule has 2 fully saturated rings. The molecule has 6 rings (SSSR count). The fourth-order valence-electron chi connectivity index (χ4n) is 5.48. The average Bonchev–Trinajstić information content (AvgIpc) is 3.39. The number of alkyl halides is 3. The molecule has 4 heterocycles. The van der Waals surface area contributed by atoms with Crippen molar-refractivity contribution in [1.29, 1.82) is 0 Å². The molecule has 41 heavy (non-hydrogen) atoms. The number of carbonyl (C=O) groups is 3. The number of morpholine rings is 1. The molecule has 1 aromatic heterocycles. The molecule has 14 heteroatoms. The van der Waals surface area contributed by atoms with Gasteiger partial charge in [0.05, 0.1) is 35.4 Å². The quantitative estimate of drug-likeness (QED) is 0.404. The molecule has 2 aromatic carbocycles. The van der Waals surface area contributed by atoms with Gasteiger partial charge in [0.2, 0.25) is 17.7 Å². The van der Waals surface area contributed by atoms with Gasteiger partial charge in [0.1, 0.15) is 11.8 Å². The molecule has 0 bridgehead atoms. The van der Waals surface area contributed by atoms with Gasteiger partial charge >= 0.3 is 11.0 Å². The number of amides is 3. The van der Waals surface area contributed by atoms with Crippen LogP contribution in [0.25, 0.3) is 0 Å². The second-order valence-corrected chi connectivity index (χ2v) is 12.3. The van der Waals surface area contributed by atoms with Gasteiger partial charge in [-0.25, -0.2) is 4.90 Å². The van der Waals surface area contributed by atoms with Gasteiger partial charge in [0.15, 0.2) is 0 Å². The van der Waals surface area contributed by atoms with Crippen molar-refractivity contribution in [2.24, 2.45) is 5.92 Å². The Morgan fingerprint density at radius 2 is 1.68 bits per heavy atom. The van der Waals surface area contributed by atoms with Gasteiger partial charge in [0.25, 0.3) is 0 Å². The maximum atomic E-state index is 13.9. The molecule has 3 amide bonds. The van der Waals surface area contributed by atoms with Crippen LogP contribution in [0.3, 0.4) is 0 Å². The third-order valence-electron chi connectivity index (χ3n) is 7.39. The lowest BCUT2D eigenvalue weighted by molar-refractivity contribution is -0.137. The standard InChI is InChI=1S/C27H21ClF3N3O5S2/c28-15-7-5-14(6-8-15)19-20-21(24(37)34(23(20)36)17-4-2-1-3-16(17)27(29,30)31)40-25-22(19)41-26(38)33(25)13-18(35)32-9-11-39-12-10-32/h1-8,19-21H,9-13H2. The number of aromatic nitrogens is 1. The minimum Gasteiger partial charge on any atom is -0.378 e. The average molecular weight is 624 g/mol. The number of thiazole rings is 1. The second kappa shape index (κ2) is 10.6. The lowest BCUT2D eigenvalue weighted by atomic mass is 9.83. The third-order valence-corrected chi connectivity index (χ3v) is 10.2. The fraction of sp³-hybridized carbons (Fsp3) is 0.333. The zero-order chi connectivity index (χ0) is 29.1. The first-order valence-electron chi connectivity index (χ1n) is 12.6. The summed E-state index contributed by atoms with van der Waals surface area (Å²) in [6.45, 7) is 1.25. The van der Waals surface area contributed by atoms with Crippen LogP contribution in [0.1, 0.15) is 21.9 Å². The van der Waals surface area contributed by atoms with E-state index in [1.165, 1.54) is 16.7 Å². The summed E-state index contributed by atoms with van der Waals surface area (Å²) in [4.78, 5) is 56.2. The molecule has 214 valence electrons. The maximum Gasteiger partial charge on any atom is 0.418 e. The lowest BCUT2D eigenvalue weighted by Gasteiger charge is -2.31. The van der Waals surface area contributed by atoms with Crippen molar-refractivity contribution in [2.45, 2.75) is 28.9 Å². The Kier molecular flexibility index (Phi) is 7.25. The van der Waals surface area contributed by atoms with E-state index in [4.69, 9.17) is 16.3 Å². The lowest BCUT2D eigenvalue weighted by Crippen LogP contribution is -2.43. The predicted molar refractivity (Wildman–Crippen MR) is 146 cm³/mol. The van der Waals surface area contributed by atoms with Gasteiger partial charge in [-0.15, -0.1) is 0 Å². The number of thioether (sulfide) groups is 1. The number of rotatable bonds is 4. The topological polar surface area (TPSA) is 88.9 Å². The Morgan fingerprint density at radius 3 is 2.37 bits per heavy atom. The number of imide groups is 1. The van der Waals surface area contributed by atoms with E-state index in [0.717, 1.165) is 35.2 Å². The van der Waals surface area contributed by atoms with Gasteiger partial charge in [-0.3, -0.25) is 23.7 Å². The first kappa shape index (κ1) is 28.0. The fourth-order valence-corrected chi connectivity index (χ4v) is 8.38. The van der Waals surface area contributed by atoms with Crippen LogP contribution in [-0.2, 0) is 31.8 Å². The third kappa shape index (κ3) is 4.88. The highest BCUT2D eigenvalue weighted by Gasteiger charge is 2.57. The van der Waals surface area contributed by atoms with E-state index in [1.807, 2.05) is 0 Å². The van der Waals surface area contributed by atoms with E-state index in [2.05, 4.69) is 0 Å². The number of hydrogen-bond donors (Lipinski definition) is 0. The number of para-hydroxylation sites is 1. The minimum absolute atomic E-state index is 0.273. The number of carbonyl (C=O) groups excluding carboxylic acids is 3. The summed E-state index contributed by atoms with van der Waals surface area (Å²) in [6.07, 6.45) is -4.80. The van der Waals surface area contributed by atoms with E-state index in [9.17, 15) is 32.3 Å². The first-order chi connectivity index (χ1) is 19.6. The van der Waals surface area contributed by atoms with Crippen molar-refractivity contribution >= 4 is 58.1 Å². The molecule has 3 atom stereocenters. The van der Waals surface area contributed by atoms with Crippen LogP contribution in [0.5, 0.6) is 0 Å². The summed E-state index contributed by atoms with van der Waals surface area (Å²) in [5.41, 5.74) is -1.06. The maximum absolute atomic E-state index is 13.9. The first-order valence-corrected chi connectivity index (χ1v) is 14.7. The zero-order valence-electron chi connectivity index (χ0n) is 21.1. The van der Waals surface area contributed by atoms with Crippen LogP contribution in [-0.4, -0.2) is 58.7 Å². The molecule has 0 N–H and O–H groups in total. The van der Waals surface area contributed by atoms with Crippen molar-refractivity contribution in [3.8, 4) is 0 Å². The molecule has 3 aliphatic heterocycles. The molecule has 0 spiro atoms. The van der Waals surface area contributed by atoms with Gasteiger partial charge < -0.3 is 9.64 Å².